The van der Waals surface area contributed by atoms with Crippen LogP contribution in [0.1, 0.15) is 20.8 Å². The van der Waals surface area contributed by atoms with E-state index in [2.05, 4.69) is 4.98 Å². The summed E-state index contributed by atoms with van der Waals surface area (Å²) in [4.78, 5) is 29.3. The first-order valence-electron chi connectivity index (χ1n) is 7.96. The van der Waals surface area contributed by atoms with Gasteiger partial charge in [-0.15, -0.1) is 0 Å². The summed E-state index contributed by atoms with van der Waals surface area (Å²) in [5.74, 6) is -0.869. The monoisotopic (exact) mass is 377 g/mol. The number of sulfonamides is 1. The third-order valence-corrected chi connectivity index (χ3v) is 6.17. The minimum Gasteiger partial charge on any atom is -0.364 e. The van der Waals surface area contributed by atoms with Crippen LogP contribution >= 0.6 is 0 Å². The van der Waals surface area contributed by atoms with Crippen LogP contribution in [0.15, 0.2) is 41.7 Å². The number of aromatic nitrogens is 2. The quantitative estimate of drug-likeness (QED) is 0.782. The Hall–Kier alpha value is -2.72. The zero-order chi connectivity index (χ0) is 18.9. The molecule has 0 bridgehead atoms. The number of pyridine rings is 1. The van der Waals surface area contributed by atoms with Crippen molar-refractivity contribution in [3.63, 3.8) is 0 Å². The van der Waals surface area contributed by atoms with Crippen molar-refractivity contribution >= 4 is 21.8 Å². The fourth-order valence-corrected chi connectivity index (χ4v) is 4.37. The number of rotatable bonds is 4. The zero-order valence-electron chi connectivity index (χ0n) is 14.2. The SMILES string of the molecule is Cn1cc(S(=O)(=O)N2CCN(C(=O)c3cccnc3)CC2)cc1C(N)=O. The fraction of sp³-hybridized carbons (Fsp3) is 0.312. The molecule has 26 heavy (non-hydrogen) atoms. The van der Waals surface area contributed by atoms with E-state index in [4.69, 9.17) is 5.73 Å². The molecule has 10 heteroatoms. The highest BCUT2D eigenvalue weighted by atomic mass is 32.2. The lowest BCUT2D eigenvalue weighted by molar-refractivity contribution is 0.0697. The van der Waals surface area contributed by atoms with Gasteiger partial charge in [0.25, 0.3) is 11.8 Å². The Morgan fingerprint density at radius 3 is 2.42 bits per heavy atom. The Labute approximate surface area is 151 Å². The highest BCUT2D eigenvalue weighted by Crippen LogP contribution is 2.20. The second kappa shape index (κ2) is 6.89. The van der Waals surface area contributed by atoms with Crippen LogP contribution in [0.5, 0.6) is 0 Å². The van der Waals surface area contributed by atoms with Gasteiger partial charge >= 0.3 is 0 Å². The minimum absolute atomic E-state index is 0.0147. The Morgan fingerprint density at radius 2 is 1.88 bits per heavy atom. The number of carbonyl (C=O) groups is 2. The van der Waals surface area contributed by atoms with Crippen LogP contribution in [0, 0.1) is 0 Å². The molecule has 1 fully saturated rings. The number of piperazine rings is 1. The standard InChI is InChI=1S/C16H19N5O4S/c1-19-11-13(9-14(19)15(17)22)26(24,25)21-7-5-20(6-8-21)16(23)12-3-2-4-18-10-12/h2-4,9-11H,5-8H2,1H3,(H2,17,22). The topological polar surface area (TPSA) is 119 Å². The number of primary amides is 1. The van der Waals surface area contributed by atoms with E-state index in [-0.39, 0.29) is 42.7 Å². The van der Waals surface area contributed by atoms with Gasteiger partial charge in [0.05, 0.1) is 5.56 Å². The molecule has 0 radical (unpaired) electrons. The van der Waals surface area contributed by atoms with Crippen molar-refractivity contribution in [2.75, 3.05) is 26.2 Å². The summed E-state index contributed by atoms with van der Waals surface area (Å²) < 4.78 is 28.2. The summed E-state index contributed by atoms with van der Waals surface area (Å²) in [6.45, 7) is 0.912. The molecule has 1 aliphatic rings. The maximum atomic E-state index is 12.8. The Morgan fingerprint density at radius 1 is 1.19 bits per heavy atom. The van der Waals surface area contributed by atoms with Crippen molar-refractivity contribution in [1.82, 2.24) is 18.8 Å². The van der Waals surface area contributed by atoms with Crippen molar-refractivity contribution in [3.8, 4) is 0 Å². The van der Waals surface area contributed by atoms with Crippen LogP contribution in [0.3, 0.4) is 0 Å². The molecule has 2 N–H and O–H groups in total. The molecule has 2 aromatic rings. The summed E-state index contributed by atoms with van der Waals surface area (Å²) >= 11 is 0. The van der Waals surface area contributed by atoms with Crippen molar-refractivity contribution in [1.29, 1.82) is 0 Å². The number of amides is 2. The van der Waals surface area contributed by atoms with E-state index in [1.165, 1.54) is 27.3 Å². The first-order valence-corrected chi connectivity index (χ1v) is 9.40. The lowest BCUT2D eigenvalue weighted by Crippen LogP contribution is -2.50. The van der Waals surface area contributed by atoms with Crippen LogP contribution in [0.4, 0.5) is 0 Å². The van der Waals surface area contributed by atoms with E-state index in [1.54, 1.807) is 30.3 Å². The fourth-order valence-electron chi connectivity index (χ4n) is 2.87. The summed E-state index contributed by atoms with van der Waals surface area (Å²) in [5, 5.41) is 0. The molecule has 0 aliphatic carbocycles. The molecule has 0 spiro atoms. The van der Waals surface area contributed by atoms with Gasteiger partial charge in [-0.3, -0.25) is 14.6 Å². The van der Waals surface area contributed by atoms with Gasteiger partial charge in [-0.25, -0.2) is 8.42 Å². The molecule has 3 heterocycles. The summed E-state index contributed by atoms with van der Waals surface area (Å²) in [7, 11) is -2.20. The van der Waals surface area contributed by atoms with E-state index in [0.29, 0.717) is 5.56 Å². The molecule has 0 saturated carbocycles. The predicted octanol–water partition coefficient (Wildman–Crippen LogP) is -0.334. The Bertz CT molecular complexity index is 931. The van der Waals surface area contributed by atoms with Crippen molar-refractivity contribution in [2.45, 2.75) is 4.90 Å². The molecule has 2 amide bonds. The van der Waals surface area contributed by atoms with Crippen molar-refractivity contribution in [3.05, 3.63) is 48.0 Å². The van der Waals surface area contributed by atoms with Crippen molar-refractivity contribution in [2.24, 2.45) is 12.8 Å². The molecule has 0 unspecified atom stereocenters. The average molecular weight is 377 g/mol. The smallest absolute Gasteiger partial charge is 0.265 e. The van der Waals surface area contributed by atoms with Crippen LogP contribution in [0.2, 0.25) is 0 Å². The first kappa shape index (κ1) is 18.1. The van der Waals surface area contributed by atoms with Gasteiger partial charge in [0.1, 0.15) is 10.6 Å². The average Bonchev–Trinajstić information content (AvgIpc) is 3.05. The molecule has 0 aromatic carbocycles. The summed E-state index contributed by atoms with van der Waals surface area (Å²) in [6, 6.07) is 4.62. The van der Waals surface area contributed by atoms with Crippen molar-refractivity contribution < 1.29 is 18.0 Å². The van der Waals surface area contributed by atoms with Crippen LogP contribution in [-0.4, -0.2) is 65.2 Å². The highest BCUT2D eigenvalue weighted by Gasteiger charge is 2.31. The second-order valence-electron chi connectivity index (χ2n) is 5.97. The number of nitrogens with two attached hydrogens (primary N) is 1. The Balaban J connectivity index is 1.72. The number of nitrogens with zero attached hydrogens (tertiary/aromatic N) is 4. The number of hydrogen-bond donors (Lipinski definition) is 1. The van der Waals surface area contributed by atoms with Crippen LogP contribution in [-0.2, 0) is 17.1 Å². The number of carbonyl (C=O) groups excluding carboxylic acids is 2. The predicted molar refractivity (Wildman–Crippen MR) is 92.8 cm³/mol. The van der Waals surface area contributed by atoms with E-state index in [9.17, 15) is 18.0 Å². The molecule has 0 atom stereocenters. The van der Waals surface area contributed by atoms with E-state index in [1.807, 2.05) is 0 Å². The molecule has 9 nitrogen and oxygen atoms in total. The summed E-state index contributed by atoms with van der Waals surface area (Å²) in [6.07, 6.45) is 4.44. The molecule has 1 saturated heterocycles. The normalized spacial score (nSPS) is 15.8. The minimum atomic E-state index is -3.76. The second-order valence-corrected chi connectivity index (χ2v) is 7.91. The van der Waals surface area contributed by atoms with E-state index < -0.39 is 15.9 Å². The largest absolute Gasteiger partial charge is 0.364 e. The molecular formula is C16H19N5O4S. The lowest BCUT2D eigenvalue weighted by Gasteiger charge is -2.33. The third-order valence-electron chi connectivity index (χ3n) is 4.30. The third kappa shape index (κ3) is 3.33. The number of aryl methyl sites for hydroxylation is 1. The van der Waals surface area contributed by atoms with Gasteiger partial charge in [0.15, 0.2) is 0 Å². The van der Waals surface area contributed by atoms with Gasteiger partial charge in [-0.05, 0) is 18.2 Å². The maximum Gasteiger partial charge on any atom is 0.265 e. The van der Waals surface area contributed by atoms with E-state index in [0.717, 1.165) is 0 Å². The maximum absolute atomic E-state index is 12.8. The summed E-state index contributed by atoms with van der Waals surface area (Å²) in [5.41, 5.74) is 5.83. The van der Waals surface area contributed by atoms with Crippen LogP contribution in [0.25, 0.3) is 0 Å². The van der Waals surface area contributed by atoms with Crippen LogP contribution < -0.4 is 5.73 Å². The van der Waals surface area contributed by atoms with Gasteiger partial charge < -0.3 is 15.2 Å². The zero-order valence-corrected chi connectivity index (χ0v) is 15.0. The molecule has 1 aliphatic heterocycles. The Kier molecular flexibility index (Phi) is 4.79. The van der Waals surface area contributed by atoms with Gasteiger partial charge in [-0.2, -0.15) is 4.31 Å². The number of hydrogen-bond acceptors (Lipinski definition) is 5. The highest BCUT2D eigenvalue weighted by molar-refractivity contribution is 7.89. The van der Waals surface area contributed by atoms with Gasteiger partial charge in [0.2, 0.25) is 10.0 Å². The molecule has 2 aromatic heterocycles. The van der Waals surface area contributed by atoms with Gasteiger partial charge in [-0.1, -0.05) is 0 Å². The molecular weight excluding hydrogens is 358 g/mol. The lowest BCUT2D eigenvalue weighted by atomic mass is 10.2. The molecule has 138 valence electrons. The van der Waals surface area contributed by atoms with E-state index >= 15 is 0 Å². The first-order chi connectivity index (χ1) is 12.3. The van der Waals surface area contributed by atoms with Gasteiger partial charge in [0, 0.05) is 51.8 Å². The molecule has 3 rings (SSSR count).